The Bertz CT molecular complexity index is 1350. The number of hydrogen-bond acceptors (Lipinski definition) is 6. The number of hydrogen-bond donors (Lipinski definition) is 0. The van der Waals surface area contributed by atoms with Gasteiger partial charge in [0.1, 0.15) is 17.0 Å². The molecule has 4 heterocycles. The second-order valence-electron chi connectivity index (χ2n) is 8.60. The summed E-state index contributed by atoms with van der Waals surface area (Å²) in [5, 5.41) is 4.19. The van der Waals surface area contributed by atoms with Crippen LogP contribution in [0.25, 0.3) is 5.65 Å². The summed E-state index contributed by atoms with van der Waals surface area (Å²) in [5.41, 5.74) is 2.37. The Morgan fingerprint density at radius 3 is 2.97 bits per heavy atom. The van der Waals surface area contributed by atoms with Gasteiger partial charge in [0, 0.05) is 38.5 Å². The summed E-state index contributed by atoms with van der Waals surface area (Å²) in [6.07, 6.45) is 5.68. The molecule has 1 aliphatic heterocycles. The quantitative estimate of drug-likeness (QED) is 0.352. The normalized spacial score (nSPS) is 15.4. The monoisotopic (exact) mass is 489 g/mol. The summed E-state index contributed by atoms with van der Waals surface area (Å²) in [6.45, 7) is 2.04. The average Bonchev–Trinajstić information content (AvgIpc) is 3.59. The van der Waals surface area contributed by atoms with Gasteiger partial charge in [-0.1, -0.05) is 18.2 Å². The molecule has 1 atom stereocenters. The highest BCUT2D eigenvalue weighted by molar-refractivity contribution is 7.07. The predicted molar refractivity (Wildman–Crippen MR) is 135 cm³/mol. The van der Waals surface area contributed by atoms with E-state index >= 15 is 0 Å². The molecule has 8 heteroatoms. The zero-order valence-corrected chi connectivity index (χ0v) is 20.2. The van der Waals surface area contributed by atoms with Crippen LogP contribution >= 0.6 is 11.3 Å². The molecule has 0 bridgehead atoms. The number of carbonyl (C=O) groups is 1. The van der Waals surface area contributed by atoms with Crippen molar-refractivity contribution in [3.63, 3.8) is 0 Å². The molecule has 0 spiro atoms. The third-order valence-corrected chi connectivity index (χ3v) is 6.82. The molecule has 0 saturated carbocycles. The maximum atomic E-state index is 13.6. The Morgan fingerprint density at radius 1 is 1.20 bits per heavy atom. The van der Waals surface area contributed by atoms with Crippen LogP contribution in [0, 0.1) is 0 Å². The van der Waals surface area contributed by atoms with E-state index in [1.807, 2.05) is 30.3 Å². The van der Waals surface area contributed by atoms with Gasteiger partial charge in [0.2, 0.25) is 0 Å². The fraction of sp³-hybridized carbons (Fsp3) is 0.296. The number of thiophene rings is 1. The molecule has 1 amide bonds. The minimum Gasteiger partial charge on any atom is -0.493 e. The van der Waals surface area contributed by atoms with Gasteiger partial charge in [-0.25, -0.2) is 4.98 Å². The molecule has 180 valence electrons. The summed E-state index contributed by atoms with van der Waals surface area (Å²) in [5.74, 6) is 0.412. The summed E-state index contributed by atoms with van der Waals surface area (Å²) >= 11 is 1.68. The maximum absolute atomic E-state index is 13.6. The van der Waals surface area contributed by atoms with E-state index in [-0.39, 0.29) is 23.1 Å². The van der Waals surface area contributed by atoms with Gasteiger partial charge < -0.3 is 14.4 Å². The Labute approximate surface area is 207 Å². The van der Waals surface area contributed by atoms with E-state index in [0.29, 0.717) is 32.0 Å². The van der Waals surface area contributed by atoms with Gasteiger partial charge in [-0.05, 0) is 65.1 Å². The zero-order chi connectivity index (χ0) is 24.0. The molecule has 7 nitrogen and oxygen atoms in total. The molecular formula is C27H27N3O4S. The molecule has 0 radical (unpaired) electrons. The third-order valence-electron chi connectivity index (χ3n) is 6.09. The van der Waals surface area contributed by atoms with Crippen molar-refractivity contribution in [1.29, 1.82) is 0 Å². The molecule has 1 unspecified atom stereocenters. The fourth-order valence-electron chi connectivity index (χ4n) is 4.27. The van der Waals surface area contributed by atoms with Gasteiger partial charge in [-0.2, -0.15) is 11.3 Å². The summed E-state index contributed by atoms with van der Waals surface area (Å²) < 4.78 is 13.2. The highest BCUT2D eigenvalue weighted by Gasteiger charge is 2.26. The van der Waals surface area contributed by atoms with E-state index in [1.165, 1.54) is 16.2 Å². The number of rotatable bonds is 9. The number of carbonyl (C=O) groups excluding carboxylic acids is 1. The van der Waals surface area contributed by atoms with Gasteiger partial charge in [0.15, 0.2) is 0 Å². The number of benzene rings is 1. The van der Waals surface area contributed by atoms with Crippen molar-refractivity contribution >= 4 is 22.9 Å². The minimum atomic E-state index is -0.372. The van der Waals surface area contributed by atoms with E-state index in [9.17, 15) is 9.59 Å². The SMILES string of the molecule is O=C(c1cnc2ccccn2c1=O)N(Cc1cccc(OCCc2ccsc2)c1)CC1CCCO1. The number of ether oxygens (including phenoxy) is 2. The van der Waals surface area contributed by atoms with Gasteiger partial charge in [0.05, 0.1) is 12.7 Å². The second-order valence-corrected chi connectivity index (χ2v) is 9.38. The molecule has 1 saturated heterocycles. The lowest BCUT2D eigenvalue weighted by Crippen LogP contribution is -2.40. The van der Waals surface area contributed by atoms with E-state index in [2.05, 4.69) is 21.8 Å². The van der Waals surface area contributed by atoms with E-state index in [0.717, 1.165) is 30.6 Å². The molecule has 3 aromatic heterocycles. The van der Waals surface area contributed by atoms with Crippen LogP contribution in [0.1, 0.15) is 34.3 Å². The number of amides is 1. The van der Waals surface area contributed by atoms with Crippen LogP contribution in [0.4, 0.5) is 0 Å². The van der Waals surface area contributed by atoms with Crippen LogP contribution in [0.15, 0.2) is 76.5 Å². The highest BCUT2D eigenvalue weighted by Crippen LogP contribution is 2.20. The van der Waals surface area contributed by atoms with E-state index in [4.69, 9.17) is 9.47 Å². The molecule has 4 aromatic rings. The lowest BCUT2D eigenvalue weighted by molar-refractivity contribution is 0.0505. The Morgan fingerprint density at radius 2 is 2.14 bits per heavy atom. The summed E-state index contributed by atoms with van der Waals surface area (Å²) in [7, 11) is 0. The number of pyridine rings is 1. The van der Waals surface area contributed by atoms with Gasteiger partial charge >= 0.3 is 0 Å². The third kappa shape index (κ3) is 5.61. The lowest BCUT2D eigenvalue weighted by Gasteiger charge is -2.25. The van der Waals surface area contributed by atoms with Crippen LogP contribution in [0.5, 0.6) is 5.75 Å². The smallest absolute Gasteiger partial charge is 0.270 e. The summed E-state index contributed by atoms with van der Waals surface area (Å²) in [4.78, 5) is 32.6. The van der Waals surface area contributed by atoms with Gasteiger partial charge in [-0.15, -0.1) is 0 Å². The van der Waals surface area contributed by atoms with Crippen LogP contribution in [-0.2, 0) is 17.7 Å². The minimum absolute atomic E-state index is 0.0415. The first-order chi connectivity index (χ1) is 17.2. The standard InChI is InChI=1S/C27H27N3O4S/c31-26(24-16-28-25-8-1-2-11-30(25)27(24)32)29(18-23-7-4-12-33-23)17-21-5-3-6-22(15-21)34-13-9-20-10-14-35-19-20/h1-3,5-6,8,10-11,14-16,19,23H,4,7,9,12-13,17-18H2. The number of aromatic nitrogens is 2. The lowest BCUT2D eigenvalue weighted by atomic mass is 10.1. The highest BCUT2D eigenvalue weighted by atomic mass is 32.1. The van der Waals surface area contributed by atoms with Crippen LogP contribution in [0.2, 0.25) is 0 Å². The van der Waals surface area contributed by atoms with Crippen LogP contribution in [0.3, 0.4) is 0 Å². The largest absolute Gasteiger partial charge is 0.493 e. The number of nitrogens with zero attached hydrogens (tertiary/aromatic N) is 3. The molecular weight excluding hydrogens is 462 g/mol. The Kier molecular flexibility index (Phi) is 7.20. The molecule has 1 aromatic carbocycles. The van der Waals surface area contributed by atoms with Crippen molar-refractivity contribution in [2.24, 2.45) is 0 Å². The average molecular weight is 490 g/mol. The van der Waals surface area contributed by atoms with Crippen LogP contribution in [-0.4, -0.2) is 46.1 Å². The fourth-order valence-corrected chi connectivity index (χ4v) is 4.98. The van der Waals surface area contributed by atoms with E-state index < -0.39 is 0 Å². The molecule has 1 aliphatic rings. The first kappa shape index (κ1) is 23.3. The Balaban J connectivity index is 1.35. The molecule has 35 heavy (non-hydrogen) atoms. The maximum Gasteiger partial charge on any atom is 0.270 e. The summed E-state index contributed by atoms with van der Waals surface area (Å²) in [6, 6.07) is 15.2. The van der Waals surface area contributed by atoms with Crippen molar-refractivity contribution < 1.29 is 14.3 Å². The van der Waals surface area contributed by atoms with Crippen molar-refractivity contribution in [3.8, 4) is 5.75 Å². The molecule has 0 N–H and O–H groups in total. The Hall–Kier alpha value is -3.49. The topological polar surface area (TPSA) is 73.1 Å². The van der Waals surface area contributed by atoms with Gasteiger partial charge in [0.25, 0.3) is 11.5 Å². The van der Waals surface area contributed by atoms with Crippen molar-refractivity contribution in [1.82, 2.24) is 14.3 Å². The first-order valence-corrected chi connectivity index (χ1v) is 12.7. The number of fused-ring (bicyclic) bond motifs is 1. The predicted octanol–water partition coefficient (Wildman–Crippen LogP) is 4.20. The van der Waals surface area contributed by atoms with Crippen molar-refractivity contribution in [2.75, 3.05) is 19.8 Å². The van der Waals surface area contributed by atoms with Crippen molar-refractivity contribution in [3.05, 3.63) is 98.7 Å². The van der Waals surface area contributed by atoms with Crippen molar-refractivity contribution in [2.45, 2.75) is 31.9 Å². The van der Waals surface area contributed by atoms with Gasteiger partial charge in [-0.3, -0.25) is 14.0 Å². The molecule has 1 fully saturated rings. The molecule has 0 aliphatic carbocycles. The first-order valence-electron chi connectivity index (χ1n) is 11.8. The van der Waals surface area contributed by atoms with Crippen LogP contribution < -0.4 is 10.3 Å². The molecule has 5 rings (SSSR count). The van der Waals surface area contributed by atoms with E-state index in [1.54, 1.807) is 34.6 Å². The second kappa shape index (κ2) is 10.8. The zero-order valence-electron chi connectivity index (χ0n) is 19.3.